The van der Waals surface area contributed by atoms with Gasteiger partial charge in [-0.15, -0.1) is 0 Å². The highest BCUT2D eigenvalue weighted by atomic mass is 32.2. The molecule has 4 heteroatoms. The van der Waals surface area contributed by atoms with Gasteiger partial charge in [0.1, 0.15) is 0 Å². The van der Waals surface area contributed by atoms with Crippen molar-refractivity contribution in [2.45, 2.75) is 44.0 Å². The lowest BCUT2D eigenvalue weighted by Gasteiger charge is -2.22. The van der Waals surface area contributed by atoms with Crippen LogP contribution in [0.4, 0.5) is 0 Å². The Morgan fingerprint density at radius 2 is 1.72 bits per heavy atom. The summed E-state index contributed by atoms with van der Waals surface area (Å²) in [6.45, 7) is 5.97. The highest BCUT2D eigenvalue weighted by molar-refractivity contribution is 7.91. The first kappa shape index (κ1) is 15.2. The lowest BCUT2D eigenvalue weighted by molar-refractivity contribution is 0.472. The van der Waals surface area contributed by atoms with Gasteiger partial charge in [0.25, 0.3) is 0 Å². The second-order valence-corrected chi connectivity index (χ2v) is 6.84. The molecule has 0 radical (unpaired) electrons. The molecule has 2 atom stereocenters. The summed E-state index contributed by atoms with van der Waals surface area (Å²) in [6.07, 6.45) is 1.05. The minimum absolute atomic E-state index is 0.149. The zero-order chi connectivity index (χ0) is 13.8. The van der Waals surface area contributed by atoms with Crippen LogP contribution >= 0.6 is 0 Å². The monoisotopic (exact) mass is 269 g/mol. The lowest BCUT2D eigenvalue weighted by Crippen LogP contribution is -2.29. The van der Waals surface area contributed by atoms with E-state index in [4.69, 9.17) is 0 Å². The van der Waals surface area contributed by atoms with Gasteiger partial charge in [-0.3, -0.25) is 0 Å². The van der Waals surface area contributed by atoms with Gasteiger partial charge < -0.3 is 5.32 Å². The van der Waals surface area contributed by atoms with Crippen LogP contribution in [0.5, 0.6) is 0 Å². The molecule has 3 nitrogen and oxygen atoms in total. The zero-order valence-corrected chi connectivity index (χ0v) is 12.4. The Labute approximate surface area is 111 Å². The van der Waals surface area contributed by atoms with E-state index in [2.05, 4.69) is 19.2 Å². The molecule has 0 aliphatic carbocycles. The molecule has 0 aliphatic rings. The first-order valence-corrected chi connectivity index (χ1v) is 8.11. The van der Waals surface area contributed by atoms with E-state index in [9.17, 15) is 8.42 Å². The molecule has 2 unspecified atom stereocenters. The van der Waals surface area contributed by atoms with Crippen molar-refractivity contribution in [3.8, 4) is 0 Å². The second-order valence-electron chi connectivity index (χ2n) is 4.56. The molecule has 1 N–H and O–H groups in total. The van der Waals surface area contributed by atoms with E-state index >= 15 is 0 Å². The van der Waals surface area contributed by atoms with E-state index in [-0.39, 0.29) is 5.75 Å². The van der Waals surface area contributed by atoms with E-state index in [1.165, 1.54) is 5.56 Å². The fraction of sp³-hybridized carbons (Fsp3) is 0.571. The molecule has 102 valence electrons. The van der Waals surface area contributed by atoms with Crippen LogP contribution in [0.3, 0.4) is 0 Å². The van der Waals surface area contributed by atoms with Crippen molar-refractivity contribution < 1.29 is 8.42 Å². The summed E-state index contributed by atoms with van der Waals surface area (Å²) < 4.78 is 23.4. The Morgan fingerprint density at radius 1 is 1.17 bits per heavy atom. The van der Waals surface area contributed by atoms with Gasteiger partial charge in [0.2, 0.25) is 0 Å². The predicted octanol–water partition coefficient (Wildman–Crippen LogP) is 2.58. The largest absolute Gasteiger partial charge is 0.316 e. The van der Waals surface area contributed by atoms with Gasteiger partial charge in [-0.2, -0.15) is 0 Å². The topological polar surface area (TPSA) is 46.2 Å². The molecular formula is C14H23NO2S. The van der Waals surface area contributed by atoms with Crippen LogP contribution in [-0.4, -0.2) is 27.3 Å². The number of nitrogens with one attached hydrogen (secondary N) is 1. The molecule has 18 heavy (non-hydrogen) atoms. The Balaban J connectivity index is 2.96. The molecule has 1 aromatic carbocycles. The summed E-state index contributed by atoms with van der Waals surface area (Å²) in [5, 5.41) is 3.29. The molecule has 1 aromatic rings. The minimum atomic E-state index is -3.09. The normalized spacial score (nSPS) is 15.3. The van der Waals surface area contributed by atoms with Crippen LogP contribution in [0.1, 0.15) is 38.7 Å². The van der Waals surface area contributed by atoms with E-state index < -0.39 is 9.84 Å². The van der Waals surface area contributed by atoms with Gasteiger partial charge in [0, 0.05) is 6.04 Å². The van der Waals surface area contributed by atoms with Gasteiger partial charge in [0.15, 0.2) is 9.84 Å². The van der Waals surface area contributed by atoms with Gasteiger partial charge in [-0.1, -0.05) is 32.9 Å². The van der Waals surface area contributed by atoms with Crippen molar-refractivity contribution in [1.82, 2.24) is 5.32 Å². The average molecular weight is 269 g/mol. The van der Waals surface area contributed by atoms with Gasteiger partial charge >= 0.3 is 0 Å². The highest BCUT2D eigenvalue weighted by Gasteiger charge is 2.17. The maximum absolute atomic E-state index is 11.7. The van der Waals surface area contributed by atoms with Crippen molar-refractivity contribution >= 4 is 9.84 Å². The third-order valence-electron chi connectivity index (χ3n) is 3.56. The molecule has 0 saturated carbocycles. The van der Waals surface area contributed by atoms with E-state index in [1.807, 2.05) is 19.2 Å². The van der Waals surface area contributed by atoms with Crippen LogP contribution in [0, 0.1) is 0 Å². The molecule has 0 saturated heterocycles. The summed E-state index contributed by atoms with van der Waals surface area (Å²) in [6, 6.07) is 7.69. The number of hydrogen-bond donors (Lipinski definition) is 1. The molecule has 0 aliphatic heterocycles. The van der Waals surface area contributed by atoms with Crippen LogP contribution in [0.2, 0.25) is 0 Å². The van der Waals surface area contributed by atoms with Crippen molar-refractivity contribution in [3.63, 3.8) is 0 Å². The van der Waals surface area contributed by atoms with Crippen molar-refractivity contribution in [1.29, 1.82) is 0 Å². The maximum atomic E-state index is 11.7. The summed E-state index contributed by atoms with van der Waals surface area (Å²) in [4.78, 5) is 0.415. The second kappa shape index (κ2) is 6.34. The molecule has 1 rings (SSSR count). The van der Waals surface area contributed by atoms with E-state index in [1.54, 1.807) is 19.1 Å². The Hall–Kier alpha value is -0.870. The number of likely N-dealkylation sites (N-methyl/N-ethyl adjacent to an activating group) is 1. The zero-order valence-electron chi connectivity index (χ0n) is 11.6. The molecule has 0 bridgehead atoms. The van der Waals surface area contributed by atoms with Crippen LogP contribution in [0.15, 0.2) is 29.2 Å². The third-order valence-corrected chi connectivity index (χ3v) is 5.31. The highest BCUT2D eigenvalue weighted by Crippen LogP contribution is 2.22. The number of hydrogen-bond acceptors (Lipinski definition) is 3. The summed E-state index contributed by atoms with van der Waals surface area (Å²) >= 11 is 0. The molecule has 0 heterocycles. The van der Waals surface area contributed by atoms with E-state index in [0.29, 0.717) is 16.9 Å². The Bertz CT molecular complexity index is 461. The minimum Gasteiger partial charge on any atom is -0.316 e. The number of sulfone groups is 1. The van der Waals surface area contributed by atoms with Gasteiger partial charge in [0.05, 0.1) is 10.6 Å². The Morgan fingerprint density at radius 3 is 2.11 bits per heavy atom. The fourth-order valence-electron chi connectivity index (χ4n) is 2.19. The SMILES string of the molecule is CCC(NC)C(C)c1ccc(S(=O)(=O)CC)cc1. The van der Waals surface area contributed by atoms with Crippen LogP contribution < -0.4 is 5.32 Å². The van der Waals surface area contributed by atoms with Gasteiger partial charge in [-0.05, 0) is 37.1 Å². The Kier molecular flexibility index (Phi) is 5.35. The third kappa shape index (κ3) is 3.33. The van der Waals surface area contributed by atoms with Crippen molar-refractivity contribution in [2.75, 3.05) is 12.8 Å². The first-order chi connectivity index (χ1) is 8.46. The summed E-state index contributed by atoms with van der Waals surface area (Å²) in [7, 11) is -1.13. The summed E-state index contributed by atoms with van der Waals surface area (Å²) in [5.41, 5.74) is 1.17. The molecule has 0 aromatic heterocycles. The quantitative estimate of drug-likeness (QED) is 0.863. The van der Waals surface area contributed by atoms with Gasteiger partial charge in [-0.25, -0.2) is 8.42 Å². The first-order valence-electron chi connectivity index (χ1n) is 6.46. The number of benzene rings is 1. The average Bonchev–Trinajstić information content (AvgIpc) is 2.40. The van der Waals surface area contributed by atoms with E-state index in [0.717, 1.165) is 6.42 Å². The van der Waals surface area contributed by atoms with Crippen LogP contribution in [0.25, 0.3) is 0 Å². The fourth-order valence-corrected chi connectivity index (χ4v) is 3.07. The smallest absolute Gasteiger partial charge is 0.178 e. The van der Waals surface area contributed by atoms with Crippen molar-refractivity contribution in [2.24, 2.45) is 0 Å². The van der Waals surface area contributed by atoms with Crippen molar-refractivity contribution in [3.05, 3.63) is 29.8 Å². The molecule has 0 amide bonds. The molecule has 0 spiro atoms. The molecular weight excluding hydrogens is 246 g/mol. The number of rotatable bonds is 6. The standard InChI is InChI=1S/C14H23NO2S/c1-5-14(15-4)11(3)12-7-9-13(10-8-12)18(16,17)6-2/h7-11,14-15H,5-6H2,1-4H3. The van der Waals surface area contributed by atoms with Crippen LogP contribution in [-0.2, 0) is 9.84 Å². The predicted molar refractivity (Wildman–Crippen MR) is 75.7 cm³/mol. The lowest BCUT2D eigenvalue weighted by atomic mass is 9.92. The summed E-state index contributed by atoms with van der Waals surface area (Å²) in [5.74, 6) is 0.522. The maximum Gasteiger partial charge on any atom is 0.178 e. The molecule has 0 fully saturated rings.